The first-order valence-corrected chi connectivity index (χ1v) is 8.67. The van der Waals surface area contributed by atoms with E-state index in [0.717, 1.165) is 0 Å². The molecule has 11 heteroatoms. The van der Waals surface area contributed by atoms with Gasteiger partial charge in [-0.15, -0.1) is 10.2 Å². The number of amides is 1. The molecule has 0 aliphatic rings. The van der Waals surface area contributed by atoms with Crippen LogP contribution in [0.5, 0.6) is 5.75 Å². The van der Waals surface area contributed by atoms with Crippen molar-refractivity contribution in [3.05, 3.63) is 46.2 Å². The number of nitrogens with one attached hydrogen (secondary N) is 1. The number of aromatic carboxylic acids is 1. The van der Waals surface area contributed by atoms with Crippen molar-refractivity contribution >= 4 is 28.3 Å². The van der Waals surface area contributed by atoms with E-state index in [9.17, 15) is 14.0 Å². The molecule has 9 nitrogen and oxygen atoms in total. The molecule has 0 fully saturated rings. The monoisotopic (exact) mass is 403 g/mol. The molecule has 0 aliphatic carbocycles. The van der Waals surface area contributed by atoms with Crippen molar-refractivity contribution < 1.29 is 23.8 Å². The van der Waals surface area contributed by atoms with E-state index in [2.05, 4.69) is 25.5 Å². The minimum Gasteiger partial charge on any atom is -0.494 e. The summed E-state index contributed by atoms with van der Waals surface area (Å²) in [4.78, 5) is 31.7. The van der Waals surface area contributed by atoms with Crippen LogP contribution in [0.4, 0.5) is 9.52 Å². The van der Waals surface area contributed by atoms with E-state index in [0.29, 0.717) is 17.0 Å². The summed E-state index contributed by atoms with van der Waals surface area (Å²) in [5.74, 6) is -2.36. The topological polar surface area (TPSA) is 127 Å². The summed E-state index contributed by atoms with van der Waals surface area (Å²) in [7, 11) is 1.37. The molecule has 0 aliphatic heterocycles. The number of nitrogens with zero attached hydrogens (tertiary/aromatic N) is 4. The molecule has 28 heavy (non-hydrogen) atoms. The van der Waals surface area contributed by atoms with Crippen molar-refractivity contribution in [3.63, 3.8) is 0 Å². The Bertz CT molecular complexity index is 1090. The summed E-state index contributed by atoms with van der Waals surface area (Å²) in [5, 5.41) is 18.2. The lowest BCUT2D eigenvalue weighted by Crippen LogP contribution is -2.14. The molecule has 0 saturated carbocycles. The van der Waals surface area contributed by atoms with Crippen LogP contribution in [-0.2, 0) is 0 Å². The summed E-state index contributed by atoms with van der Waals surface area (Å²) in [5.41, 5.74) is 1.10. The lowest BCUT2D eigenvalue weighted by molar-refractivity contribution is 0.0695. The molecule has 0 bridgehead atoms. The number of halogens is 1. The number of carbonyl (C=O) groups is 2. The first-order valence-electron chi connectivity index (χ1n) is 7.86. The predicted molar refractivity (Wildman–Crippen MR) is 98.3 cm³/mol. The number of ether oxygens (including phenoxy) is 1. The Hall–Kier alpha value is -3.47. The highest BCUT2D eigenvalue weighted by Crippen LogP contribution is 2.35. The highest BCUT2D eigenvalue weighted by Gasteiger charge is 2.23. The van der Waals surface area contributed by atoms with Gasteiger partial charge in [0.2, 0.25) is 10.1 Å². The van der Waals surface area contributed by atoms with E-state index in [4.69, 9.17) is 9.84 Å². The quantitative estimate of drug-likeness (QED) is 0.666. The number of anilines is 1. The number of methoxy groups -OCH3 is 1. The van der Waals surface area contributed by atoms with Crippen LogP contribution < -0.4 is 10.1 Å². The number of hydrogen-bond acceptors (Lipinski definition) is 8. The molecule has 3 rings (SSSR count). The molecule has 0 radical (unpaired) electrons. The van der Waals surface area contributed by atoms with Gasteiger partial charge in [-0.3, -0.25) is 20.1 Å². The molecule has 1 amide bonds. The summed E-state index contributed by atoms with van der Waals surface area (Å²) < 4.78 is 20.1. The average molecular weight is 403 g/mol. The van der Waals surface area contributed by atoms with E-state index < -0.39 is 17.7 Å². The number of aryl methyl sites for hydroxylation is 2. The number of carboxylic acid groups (broad SMARTS) is 1. The Kier molecular flexibility index (Phi) is 5.27. The summed E-state index contributed by atoms with van der Waals surface area (Å²) in [6.45, 7) is 3.20. The molecule has 0 aromatic carbocycles. The van der Waals surface area contributed by atoms with Crippen LogP contribution in [0.15, 0.2) is 18.5 Å². The SMILES string of the molecule is COc1cnc(C)c(F)c1-c1cc(C)ncc1C(=O)Nc1nnc(C(=O)O)s1. The Balaban J connectivity index is 2.08. The third kappa shape index (κ3) is 3.64. The zero-order valence-corrected chi connectivity index (χ0v) is 15.8. The van der Waals surface area contributed by atoms with Gasteiger partial charge in [-0.1, -0.05) is 11.3 Å². The van der Waals surface area contributed by atoms with Crippen molar-refractivity contribution in [1.29, 1.82) is 0 Å². The van der Waals surface area contributed by atoms with Gasteiger partial charge in [0.15, 0.2) is 5.82 Å². The number of hydrogen-bond donors (Lipinski definition) is 2. The fourth-order valence-electron chi connectivity index (χ4n) is 2.44. The highest BCUT2D eigenvalue weighted by molar-refractivity contribution is 7.17. The predicted octanol–water partition coefficient (Wildman–Crippen LogP) is 2.71. The number of pyridine rings is 2. The average Bonchev–Trinajstić information content (AvgIpc) is 3.12. The first-order chi connectivity index (χ1) is 13.3. The Morgan fingerprint density at radius 2 is 1.96 bits per heavy atom. The summed E-state index contributed by atoms with van der Waals surface area (Å²) >= 11 is 0.699. The smallest absolute Gasteiger partial charge is 0.367 e. The van der Waals surface area contributed by atoms with Gasteiger partial charge < -0.3 is 9.84 Å². The Morgan fingerprint density at radius 3 is 2.61 bits per heavy atom. The fraction of sp³-hybridized carbons (Fsp3) is 0.176. The van der Waals surface area contributed by atoms with Crippen LogP contribution in [0.1, 0.15) is 31.5 Å². The number of rotatable bonds is 5. The zero-order valence-electron chi connectivity index (χ0n) is 15.0. The fourth-order valence-corrected chi connectivity index (χ4v) is 3.02. The molecule has 3 aromatic rings. The molecule has 3 heterocycles. The molecule has 0 spiro atoms. The minimum absolute atomic E-state index is 0.00716. The summed E-state index contributed by atoms with van der Waals surface area (Å²) in [6, 6.07) is 1.55. The second-order valence-corrected chi connectivity index (χ2v) is 6.62. The molecule has 0 saturated heterocycles. The first kappa shape index (κ1) is 19.3. The van der Waals surface area contributed by atoms with Crippen molar-refractivity contribution in [2.75, 3.05) is 12.4 Å². The Labute approximate surface area is 162 Å². The van der Waals surface area contributed by atoms with E-state index in [-0.39, 0.29) is 38.3 Å². The van der Waals surface area contributed by atoms with Gasteiger partial charge in [-0.25, -0.2) is 9.18 Å². The molecule has 2 N–H and O–H groups in total. The van der Waals surface area contributed by atoms with Crippen molar-refractivity contribution in [3.8, 4) is 16.9 Å². The lowest BCUT2D eigenvalue weighted by Gasteiger charge is -2.14. The van der Waals surface area contributed by atoms with E-state index in [1.165, 1.54) is 26.4 Å². The van der Waals surface area contributed by atoms with E-state index in [1.54, 1.807) is 13.0 Å². The normalized spacial score (nSPS) is 10.6. The number of carboxylic acids is 1. The van der Waals surface area contributed by atoms with Gasteiger partial charge in [-0.2, -0.15) is 0 Å². The van der Waals surface area contributed by atoms with Gasteiger partial charge in [0, 0.05) is 17.5 Å². The minimum atomic E-state index is -1.25. The van der Waals surface area contributed by atoms with Gasteiger partial charge in [-0.05, 0) is 19.9 Å². The van der Waals surface area contributed by atoms with E-state index >= 15 is 0 Å². The van der Waals surface area contributed by atoms with Crippen LogP contribution in [0, 0.1) is 19.7 Å². The summed E-state index contributed by atoms with van der Waals surface area (Å²) in [6.07, 6.45) is 2.67. The van der Waals surface area contributed by atoms with Crippen molar-refractivity contribution in [2.45, 2.75) is 13.8 Å². The maximum absolute atomic E-state index is 14.8. The second kappa shape index (κ2) is 7.64. The van der Waals surface area contributed by atoms with Gasteiger partial charge >= 0.3 is 5.97 Å². The third-order valence-electron chi connectivity index (χ3n) is 3.76. The van der Waals surface area contributed by atoms with Crippen molar-refractivity contribution in [2.24, 2.45) is 0 Å². The maximum atomic E-state index is 14.8. The van der Waals surface area contributed by atoms with Gasteiger partial charge in [0.1, 0.15) is 5.75 Å². The number of aromatic nitrogens is 4. The molecule has 144 valence electrons. The molecule has 0 atom stereocenters. The van der Waals surface area contributed by atoms with Crippen LogP contribution >= 0.6 is 11.3 Å². The third-order valence-corrected chi connectivity index (χ3v) is 4.59. The molecular formula is C17H14FN5O4S. The van der Waals surface area contributed by atoms with Gasteiger partial charge in [0.25, 0.3) is 5.91 Å². The second-order valence-electron chi connectivity index (χ2n) is 5.64. The number of carbonyl (C=O) groups excluding carboxylic acids is 1. The molecule has 3 aromatic heterocycles. The van der Waals surface area contributed by atoms with E-state index in [1.807, 2.05) is 0 Å². The Morgan fingerprint density at radius 1 is 1.21 bits per heavy atom. The van der Waals surface area contributed by atoms with Crippen molar-refractivity contribution in [1.82, 2.24) is 20.2 Å². The molecule has 0 unspecified atom stereocenters. The van der Waals surface area contributed by atoms with Crippen LogP contribution in [-0.4, -0.2) is 44.3 Å². The lowest BCUT2D eigenvalue weighted by atomic mass is 9.99. The maximum Gasteiger partial charge on any atom is 0.367 e. The standard InChI is InChI=1S/C17H14FN5O4S/c1-7-4-9(12-11(27-3)6-20-8(2)13(12)18)10(5-19-7)14(24)21-17-23-22-15(28-17)16(25)26/h4-6H,1-3H3,(H,25,26)(H,21,23,24). The van der Waals surface area contributed by atoms with Crippen LogP contribution in [0.2, 0.25) is 0 Å². The van der Waals surface area contributed by atoms with Gasteiger partial charge in [0.05, 0.1) is 30.1 Å². The van der Waals surface area contributed by atoms with Crippen LogP contribution in [0.3, 0.4) is 0 Å². The highest BCUT2D eigenvalue weighted by atomic mass is 32.1. The van der Waals surface area contributed by atoms with Crippen LogP contribution in [0.25, 0.3) is 11.1 Å². The molecular weight excluding hydrogens is 389 g/mol. The largest absolute Gasteiger partial charge is 0.494 e. The zero-order chi connectivity index (χ0) is 20.4.